The summed E-state index contributed by atoms with van der Waals surface area (Å²) < 4.78 is 0. The van der Waals surface area contributed by atoms with Gasteiger partial charge in [0.1, 0.15) is 0 Å². The van der Waals surface area contributed by atoms with Crippen LogP contribution in [0.25, 0.3) is 0 Å². The quantitative estimate of drug-likeness (QED) is 0.894. The molecule has 98 valence electrons. The maximum absolute atomic E-state index is 11.8. The summed E-state index contributed by atoms with van der Waals surface area (Å²) in [5.74, 6) is -0.105. The van der Waals surface area contributed by atoms with Gasteiger partial charge in [-0.25, -0.2) is 0 Å². The first-order valence-electron chi connectivity index (χ1n) is 6.13. The number of benzene rings is 1. The molecule has 3 nitrogen and oxygen atoms in total. The maximum Gasteiger partial charge on any atom is 0.251 e. The highest BCUT2D eigenvalue weighted by Gasteiger charge is 2.14. The first kappa shape index (κ1) is 13.7. The van der Waals surface area contributed by atoms with Gasteiger partial charge < -0.3 is 10.6 Å². The Morgan fingerprint density at radius 2 is 2.22 bits per heavy atom. The van der Waals surface area contributed by atoms with Crippen molar-refractivity contribution in [1.29, 1.82) is 0 Å². The lowest BCUT2D eigenvalue weighted by atomic mass is 10.1. The molecule has 0 aliphatic carbocycles. The SMILES string of the molecule is O=C(NCC[C@H]1CCCN1)c1ccc(Cl)c(Cl)c1. The monoisotopic (exact) mass is 286 g/mol. The maximum atomic E-state index is 11.8. The van der Waals surface area contributed by atoms with Crippen LogP contribution >= 0.6 is 23.2 Å². The van der Waals surface area contributed by atoms with Crippen molar-refractivity contribution in [2.24, 2.45) is 0 Å². The van der Waals surface area contributed by atoms with Crippen LogP contribution in [-0.2, 0) is 0 Å². The molecule has 1 aromatic rings. The van der Waals surface area contributed by atoms with Gasteiger partial charge in [-0.1, -0.05) is 23.2 Å². The topological polar surface area (TPSA) is 41.1 Å². The predicted octanol–water partition coefficient (Wildman–Crippen LogP) is 2.87. The normalized spacial score (nSPS) is 18.9. The molecule has 1 heterocycles. The third-order valence-electron chi connectivity index (χ3n) is 3.12. The lowest BCUT2D eigenvalue weighted by molar-refractivity contribution is 0.0952. The van der Waals surface area contributed by atoms with Crippen molar-refractivity contribution >= 4 is 29.1 Å². The van der Waals surface area contributed by atoms with Crippen LogP contribution in [0.15, 0.2) is 18.2 Å². The number of carbonyl (C=O) groups excluding carboxylic acids is 1. The van der Waals surface area contributed by atoms with E-state index in [2.05, 4.69) is 10.6 Å². The molecule has 0 saturated carbocycles. The lowest BCUT2D eigenvalue weighted by Gasteiger charge is -2.11. The van der Waals surface area contributed by atoms with Crippen LogP contribution in [0.4, 0.5) is 0 Å². The third kappa shape index (κ3) is 3.61. The van der Waals surface area contributed by atoms with Crippen molar-refractivity contribution in [3.63, 3.8) is 0 Å². The van der Waals surface area contributed by atoms with Crippen molar-refractivity contribution in [2.75, 3.05) is 13.1 Å². The second kappa shape index (κ2) is 6.41. The van der Waals surface area contributed by atoms with E-state index < -0.39 is 0 Å². The number of carbonyl (C=O) groups is 1. The minimum atomic E-state index is -0.105. The molecule has 0 radical (unpaired) electrons. The Bertz CT molecular complexity index is 431. The Kier molecular flexibility index (Phi) is 4.87. The molecule has 1 aromatic carbocycles. The number of amides is 1. The molecule has 1 atom stereocenters. The van der Waals surface area contributed by atoms with Gasteiger partial charge in [-0.05, 0) is 44.0 Å². The van der Waals surface area contributed by atoms with Crippen LogP contribution in [0.5, 0.6) is 0 Å². The summed E-state index contributed by atoms with van der Waals surface area (Å²) in [5, 5.41) is 7.15. The van der Waals surface area contributed by atoms with Crippen molar-refractivity contribution in [3.05, 3.63) is 33.8 Å². The molecule has 0 spiro atoms. The van der Waals surface area contributed by atoms with E-state index in [-0.39, 0.29) is 5.91 Å². The zero-order valence-electron chi connectivity index (χ0n) is 10.0. The van der Waals surface area contributed by atoms with Crippen LogP contribution in [-0.4, -0.2) is 25.0 Å². The van der Waals surface area contributed by atoms with E-state index >= 15 is 0 Å². The molecule has 2 rings (SSSR count). The van der Waals surface area contributed by atoms with Crippen molar-refractivity contribution in [2.45, 2.75) is 25.3 Å². The van der Waals surface area contributed by atoms with E-state index in [4.69, 9.17) is 23.2 Å². The summed E-state index contributed by atoms with van der Waals surface area (Å²) >= 11 is 11.7. The van der Waals surface area contributed by atoms with Crippen LogP contribution in [0.1, 0.15) is 29.6 Å². The molecular weight excluding hydrogens is 271 g/mol. The van der Waals surface area contributed by atoms with Crippen molar-refractivity contribution in [1.82, 2.24) is 10.6 Å². The molecule has 5 heteroatoms. The van der Waals surface area contributed by atoms with Crippen molar-refractivity contribution in [3.8, 4) is 0 Å². The van der Waals surface area contributed by atoms with E-state index in [0.29, 0.717) is 28.2 Å². The summed E-state index contributed by atoms with van der Waals surface area (Å²) in [5.41, 5.74) is 0.545. The van der Waals surface area contributed by atoms with Crippen LogP contribution in [0.2, 0.25) is 10.0 Å². The van der Waals surface area contributed by atoms with Gasteiger partial charge in [-0.3, -0.25) is 4.79 Å². The van der Waals surface area contributed by atoms with Gasteiger partial charge in [0.25, 0.3) is 5.91 Å². The molecule has 0 aromatic heterocycles. The van der Waals surface area contributed by atoms with Gasteiger partial charge in [0.2, 0.25) is 0 Å². The van der Waals surface area contributed by atoms with E-state index in [1.165, 1.54) is 12.8 Å². The standard InChI is InChI=1S/C13H16Cl2N2O/c14-11-4-3-9(8-12(11)15)13(18)17-7-5-10-2-1-6-16-10/h3-4,8,10,16H,1-2,5-7H2,(H,17,18)/t10-/m1/s1. The van der Waals surface area contributed by atoms with E-state index in [1.807, 2.05) is 0 Å². The Morgan fingerprint density at radius 3 is 2.89 bits per heavy atom. The fraction of sp³-hybridized carbons (Fsp3) is 0.462. The molecule has 1 fully saturated rings. The Morgan fingerprint density at radius 1 is 1.39 bits per heavy atom. The number of hydrogen-bond acceptors (Lipinski definition) is 2. The lowest BCUT2D eigenvalue weighted by Crippen LogP contribution is -2.30. The number of hydrogen-bond donors (Lipinski definition) is 2. The van der Waals surface area contributed by atoms with Gasteiger partial charge >= 0.3 is 0 Å². The fourth-order valence-corrected chi connectivity index (χ4v) is 2.40. The molecule has 1 amide bonds. The molecule has 0 bridgehead atoms. The molecule has 18 heavy (non-hydrogen) atoms. The molecule has 1 aliphatic rings. The largest absolute Gasteiger partial charge is 0.352 e. The smallest absolute Gasteiger partial charge is 0.251 e. The average molecular weight is 287 g/mol. The van der Waals surface area contributed by atoms with Crippen LogP contribution in [0, 0.1) is 0 Å². The summed E-state index contributed by atoms with van der Waals surface area (Å²) in [6.45, 7) is 1.77. The zero-order valence-corrected chi connectivity index (χ0v) is 11.5. The first-order valence-corrected chi connectivity index (χ1v) is 6.89. The Labute approximate surface area is 117 Å². The van der Waals surface area contributed by atoms with Crippen LogP contribution < -0.4 is 10.6 Å². The van der Waals surface area contributed by atoms with Gasteiger partial charge in [-0.15, -0.1) is 0 Å². The van der Waals surface area contributed by atoms with Crippen molar-refractivity contribution < 1.29 is 4.79 Å². The summed E-state index contributed by atoms with van der Waals surface area (Å²) in [4.78, 5) is 11.8. The second-order valence-corrected chi connectivity index (χ2v) is 5.28. The zero-order chi connectivity index (χ0) is 13.0. The number of nitrogens with one attached hydrogen (secondary N) is 2. The number of halogens is 2. The minimum absolute atomic E-state index is 0.105. The van der Waals surface area contributed by atoms with Gasteiger partial charge in [0.15, 0.2) is 0 Å². The highest BCUT2D eigenvalue weighted by molar-refractivity contribution is 6.42. The molecule has 1 aliphatic heterocycles. The molecule has 2 N–H and O–H groups in total. The third-order valence-corrected chi connectivity index (χ3v) is 3.86. The second-order valence-electron chi connectivity index (χ2n) is 4.47. The Hall–Kier alpha value is -0.770. The molecule has 1 saturated heterocycles. The van der Waals surface area contributed by atoms with E-state index in [9.17, 15) is 4.79 Å². The average Bonchev–Trinajstić information content (AvgIpc) is 2.85. The highest BCUT2D eigenvalue weighted by atomic mass is 35.5. The minimum Gasteiger partial charge on any atom is -0.352 e. The fourth-order valence-electron chi connectivity index (χ4n) is 2.10. The van der Waals surface area contributed by atoms with E-state index in [0.717, 1.165) is 13.0 Å². The van der Waals surface area contributed by atoms with Crippen LogP contribution in [0.3, 0.4) is 0 Å². The molecular formula is C13H16Cl2N2O. The first-order chi connectivity index (χ1) is 8.66. The molecule has 0 unspecified atom stereocenters. The predicted molar refractivity (Wildman–Crippen MR) is 74.4 cm³/mol. The van der Waals surface area contributed by atoms with E-state index in [1.54, 1.807) is 18.2 Å². The van der Waals surface area contributed by atoms with Gasteiger partial charge in [0.05, 0.1) is 10.0 Å². The van der Waals surface area contributed by atoms with Gasteiger partial charge in [0, 0.05) is 18.2 Å². The summed E-state index contributed by atoms with van der Waals surface area (Å²) in [7, 11) is 0. The number of rotatable bonds is 4. The Balaban J connectivity index is 1.81. The highest BCUT2D eigenvalue weighted by Crippen LogP contribution is 2.22. The summed E-state index contributed by atoms with van der Waals surface area (Å²) in [6, 6.07) is 5.45. The summed E-state index contributed by atoms with van der Waals surface area (Å²) in [6.07, 6.45) is 3.39. The van der Waals surface area contributed by atoms with Gasteiger partial charge in [-0.2, -0.15) is 0 Å².